The SMILES string of the molecule is Cc1ccc2oc3c(c(=O)c2c1)[C@]1(C(=O)N(C)c2ccccc21)N(CCCOC(C)C)C3=O. The minimum Gasteiger partial charge on any atom is -0.450 e. The van der Waals surface area contributed by atoms with E-state index >= 15 is 0 Å². The van der Waals surface area contributed by atoms with E-state index in [-0.39, 0.29) is 35.3 Å². The topological polar surface area (TPSA) is 80.1 Å². The van der Waals surface area contributed by atoms with Gasteiger partial charge in [0.25, 0.3) is 11.8 Å². The predicted molar refractivity (Wildman–Crippen MR) is 125 cm³/mol. The van der Waals surface area contributed by atoms with Crippen LogP contribution in [0.15, 0.2) is 51.7 Å². The summed E-state index contributed by atoms with van der Waals surface area (Å²) in [6, 6.07) is 12.6. The van der Waals surface area contributed by atoms with E-state index in [0.29, 0.717) is 35.2 Å². The Morgan fingerprint density at radius 3 is 2.61 bits per heavy atom. The summed E-state index contributed by atoms with van der Waals surface area (Å²) in [4.78, 5) is 44.5. The molecular weight excluding hydrogens is 420 g/mol. The second-order valence-electron chi connectivity index (χ2n) is 8.96. The first-order valence-corrected chi connectivity index (χ1v) is 11.2. The van der Waals surface area contributed by atoms with Crippen molar-refractivity contribution in [2.75, 3.05) is 25.1 Å². The number of ether oxygens (including phenoxy) is 1. The second-order valence-corrected chi connectivity index (χ2v) is 8.96. The van der Waals surface area contributed by atoms with Crippen molar-refractivity contribution in [2.45, 2.75) is 38.8 Å². The highest BCUT2D eigenvalue weighted by Gasteiger charge is 2.64. The van der Waals surface area contributed by atoms with Crippen LogP contribution >= 0.6 is 0 Å². The monoisotopic (exact) mass is 446 g/mol. The van der Waals surface area contributed by atoms with Crippen molar-refractivity contribution in [1.29, 1.82) is 0 Å². The Labute approximate surface area is 191 Å². The lowest BCUT2D eigenvalue weighted by Crippen LogP contribution is -2.53. The third kappa shape index (κ3) is 2.88. The fourth-order valence-corrected chi connectivity index (χ4v) is 5.05. The van der Waals surface area contributed by atoms with Crippen LogP contribution in [-0.2, 0) is 15.1 Å². The van der Waals surface area contributed by atoms with Crippen molar-refractivity contribution in [2.24, 2.45) is 0 Å². The maximum absolute atomic E-state index is 13.9. The molecule has 0 aliphatic carbocycles. The van der Waals surface area contributed by atoms with E-state index in [4.69, 9.17) is 9.15 Å². The summed E-state index contributed by atoms with van der Waals surface area (Å²) >= 11 is 0. The molecule has 2 aliphatic heterocycles. The number of aryl methyl sites for hydroxylation is 1. The molecule has 0 radical (unpaired) electrons. The fourth-order valence-electron chi connectivity index (χ4n) is 5.05. The number of hydrogen-bond donors (Lipinski definition) is 0. The first-order valence-electron chi connectivity index (χ1n) is 11.2. The zero-order chi connectivity index (χ0) is 23.5. The molecular formula is C26H26N2O5. The van der Waals surface area contributed by atoms with Gasteiger partial charge >= 0.3 is 0 Å². The predicted octanol–water partition coefficient (Wildman–Crippen LogP) is 3.59. The van der Waals surface area contributed by atoms with Crippen molar-refractivity contribution in [3.05, 3.63) is 75.1 Å². The number of rotatable bonds is 5. The average Bonchev–Trinajstić information content (AvgIpc) is 3.17. The number of likely N-dealkylation sites (N-methyl/N-ethyl adjacent to an activating group) is 1. The quantitative estimate of drug-likeness (QED) is 0.560. The molecule has 7 heteroatoms. The zero-order valence-corrected chi connectivity index (χ0v) is 19.2. The van der Waals surface area contributed by atoms with E-state index in [0.717, 1.165) is 5.56 Å². The van der Waals surface area contributed by atoms with Crippen LogP contribution in [0.3, 0.4) is 0 Å². The van der Waals surface area contributed by atoms with Gasteiger partial charge in [0.2, 0.25) is 5.76 Å². The van der Waals surface area contributed by atoms with Crippen LogP contribution in [0.1, 0.15) is 47.5 Å². The summed E-state index contributed by atoms with van der Waals surface area (Å²) in [6.07, 6.45) is 0.577. The molecule has 0 fully saturated rings. The molecule has 3 aromatic rings. The van der Waals surface area contributed by atoms with Gasteiger partial charge in [-0.05, 0) is 45.4 Å². The van der Waals surface area contributed by atoms with Crippen LogP contribution in [0, 0.1) is 6.92 Å². The van der Waals surface area contributed by atoms with E-state index in [2.05, 4.69) is 0 Å². The van der Waals surface area contributed by atoms with Gasteiger partial charge in [0.1, 0.15) is 5.58 Å². The summed E-state index contributed by atoms with van der Waals surface area (Å²) in [5.41, 5.74) is 0.744. The van der Waals surface area contributed by atoms with Crippen LogP contribution < -0.4 is 10.3 Å². The molecule has 1 aromatic heterocycles. The normalized spacial score (nSPS) is 19.3. The molecule has 0 N–H and O–H groups in total. The van der Waals surface area contributed by atoms with Crippen molar-refractivity contribution in [3.8, 4) is 0 Å². The number of para-hydroxylation sites is 1. The Bertz CT molecular complexity index is 1360. The van der Waals surface area contributed by atoms with Crippen LogP contribution in [0.25, 0.3) is 11.0 Å². The van der Waals surface area contributed by atoms with Crippen molar-refractivity contribution in [3.63, 3.8) is 0 Å². The zero-order valence-electron chi connectivity index (χ0n) is 19.2. The number of benzene rings is 2. The molecule has 2 aliphatic rings. The van der Waals surface area contributed by atoms with Gasteiger partial charge < -0.3 is 19.0 Å². The van der Waals surface area contributed by atoms with E-state index < -0.39 is 11.4 Å². The Kier molecular flexibility index (Phi) is 4.90. The summed E-state index contributed by atoms with van der Waals surface area (Å²) in [5, 5.41) is 0.366. The summed E-state index contributed by atoms with van der Waals surface area (Å²) in [6.45, 7) is 6.46. The number of fused-ring (bicyclic) bond motifs is 5. The molecule has 1 spiro atoms. The van der Waals surface area contributed by atoms with Crippen LogP contribution in [0.2, 0.25) is 0 Å². The third-order valence-corrected chi connectivity index (χ3v) is 6.50. The summed E-state index contributed by atoms with van der Waals surface area (Å²) < 4.78 is 11.7. The molecule has 0 saturated carbocycles. The van der Waals surface area contributed by atoms with Crippen molar-refractivity contribution >= 4 is 28.5 Å². The number of anilines is 1. The Morgan fingerprint density at radius 2 is 1.85 bits per heavy atom. The molecule has 1 atom stereocenters. The largest absolute Gasteiger partial charge is 0.450 e. The minimum atomic E-state index is -1.55. The van der Waals surface area contributed by atoms with E-state index in [1.807, 2.05) is 51.1 Å². The molecule has 0 saturated heterocycles. The van der Waals surface area contributed by atoms with Gasteiger partial charge in [-0.15, -0.1) is 0 Å². The molecule has 7 nitrogen and oxygen atoms in total. The molecule has 2 amide bonds. The number of hydrogen-bond acceptors (Lipinski definition) is 5. The molecule has 3 heterocycles. The molecule has 0 bridgehead atoms. The number of amides is 2. The smallest absolute Gasteiger partial charge is 0.291 e. The maximum Gasteiger partial charge on any atom is 0.291 e. The molecule has 170 valence electrons. The summed E-state index contributed by atoms with van der Waals surface area (Å²) in [5.74, 6) is -0.841. The lowest BCUT2D eigenvalue weighted by molar-refractivity contribution is -0.125. The Balaban J connectivity index is 1.77. The Hall–Kier alpha value is -3.45. The first-order chi connectivity index (χ1) is 15.8. The fraction of sp³-hybridized carbons (Fsp3) is 0.346. The first kappa shape index (κ1) is 21.4. The third-order valence-electron chi connectivity index (χ3n) is 6.50. The standard InChI is InChI=1S/C26H26N2O5/c1-15(2)32-13-7-12-28-24(30)23-21(22(29)17-14-16(3)10-11-20(17)33-23)26(28)18-8-5-6-9-19(18)27(4)25(26)31/h5-6,8-11,14-15H,7,12-13H2,1-4H3/t26-/m1/s1. The van der Waals surface area contributed by atoms with Gasteiger partial charge in [-0.1, -0.05) is 29.8 Å². The average molecular weight is 447 g/mol. The van der Waals surface area contributed by atoms with Gasteiger partial charge in [-0.3, -0.25) is 14.4 Å². The Morgan fingerprint density at radius 1 is 1.09 bits per heavy atom. The number of carbonyl (C=O) groups is 2. The van der Waals surface area contributed by atoms with E-state index in [1.165, 1.54) is 9.80 Å². The molecule has 2 aromatic carbocycles. The van der Waals surface area contributed by atoms with Crippen molar-refractivity contribution in [1.82, 2.24) is 4.90 Å². The van der Waals surface area contributed by atoms with Gasteiger partial charge in [0.05, 0.1) is 17.1 Å². The minimum absolute atomic E-state index is 0.0559. The van der Waals surface area contributed by atoms with Gasteiger partial charge in [-0.2, -0.15) is 0 Å². The van der Waals surface area contributed by atoms with Gasteiger partial charge in [0, 0.05) is 31.5 Å². The highest BCUT2D eigenvalue weighted by Crippen LogP contribution is 2.52. The second kappa shape index (κ2) is 7.56. The van der Waals surface area contributed by atoms with E-state index in [9.17, 15) is 14.4 Å². The van der Waals surface area contributed by atoms with Gasteiger partial charge in [0.15, 0.2) is 11.0 Å². The van der Waals surface area contributed by atoms with Crippen LogP contribution in [0.5, 0.6) is 0 Å². The number of carbonyl (C=O) groups excluding carboxylic acids is 2. The van der Waals surface area contributed by atoms with Crippen LogP contribution in [-0.4, -0.2) is 43.0 Å². The lowest BCUT2D eigenvalue weighted by atomic mass is 9.84. The highest BCUT2D eigenvalue weighted by atomic mass is 16.5. The van der Waals surface area contributed by atoms with Crippen LogP contribution in [0.4, 0.5) is 5.69 Å². The highest BCUT2D eigenvalue weighted by molar-refractivity contribution is 6.16. The van der Waals surface area contributed by atoms with Gasteiger partial charge in [-0.25, -0.2) is 0 Å². The molecule has 33 heavy (non-hydrogen) atoms. The summed E-state index contributed by atoms with van der Waals surface area (Å²) in [7, 11) is 1.67. The number of nitrogens with zero attached hydrogens (tertiary/aromatic N) is 2. The van der Waals surface area contributed by atoms with E-state index in [1.54, 1.807) is 19.2 Å². The lowest BCUT2D eigenvalue weighted by Gasteiger charge is -2.34. The maximum atomic E-state index is 13.9. The van der Waals surface area contributed by atoms with Crippen molar-refractivity contribution < 1.29 is 18.7 Å². The molecule has 0 unspecified atom stereocenters. The molecule has 5 rings (SSSR count).